The molecule has 0 bridgehead atoms. The van der Waals surface area contributed by atoms with Crippen LogP contribution in [0.3, 0.4) is 0 Å². The van der Waals surface area contributed by atoms with E-state index >= 15 is 0 Å². The van der Waals surface area contributed by atoms with Crippen molar-refractivity contribution in [2.75, 3.05) is 5.43 Å². The summed E-state index contributed by atoms with van der Waals surface area (Å²) < 4.78 is 0. The van der Waals surface area contributed by atoms with E-state index in [9.17, 15) is 4.79 Å². The number of rotatable bonds is 6. The number of hydrogen-bond acceptors (Lipinski definition) is 6. The first-order chi connectivity index (χ1) is 12.2. The van der Waals surface area contributed by atoms with Crippen LogP contribution in [0.15, 0.2) is 66.9 Å². The third kappa shape index (κ3) is 7.31. The van der Waals surface area contributed by atoms with Gasteiger partial charge in [0.2, 0.25) is 0 Å². The number of aromatic nitrogens is 3. The Bertz CT molecular complexity index is 840. The molecular formula is C18H22Br2N6O2. The summed E-state index contributed by atoms with van der Waals surface area (Å²) in [4.78, 5) is 16.4. The number of carbonyl (C=O) groups excluding carboxylic acids is 1. The quantitative estimate of drug-likeness (QED) is 0.430. The molecule has 3 aromatic rings. The van der Waals surface area contributed by atoms with Crippen molar-refractivity contribution in [3.63, 3.8) is 0 Å². The zero-order valence-corrected chi connectivity index (χ0v) is 18.2. The van der Waals surface area contributed by atoms with E-state index in [2.05, 4.69) is 26.0 Å². The highest BCUT2D eigenvalue weighted by atomic mass is 79.9. The number of nitrogens with zero attached hydrogens (tertiary/aromatic N) is 3. The van der Waals surface area contributed by atoms with Crippen molar-refractivity contribution in [2.24, 2.45) is 5.73 Å². The van der Waals surface area contributed by atoms with Gasteiger partial charge in [0.25, 0.3) is 11.9 Å². The molecule has 28 heavy (non-hydrogen) atoms. The molecule has 0 aliphatic heterocycles. The highest BCUT2D eigenvalue weighted by Gasteiger charge is 2.14. The average Bonchev–Trinajstić information content (AvgIpc) is 2.68. The van der Waals surface area contributed by atoms with Gasteiger partial charge in [0, 0.05) is 5.56 Å². The zero-order valence-electron chi connectivity index (χ0n) is 14.8. The summed E-state index contributed by atoms with van der Waals surface area (Å²) in [5.41, 5.74) is 13.7. The van der Waals surface area contributed by atoms with E-state index in [1.165, 1.54) is 0 Å². The molecule has 150 valence electrons. The van der Waals surface area contributed by atoms with E-state index in [4.69, 9.17) is 5.73 Å². The van der Waals surface area contributed by atoms with Crippen molar-refractivity contribution >= 4 is 45.8 Å². The Morgan fingerprint density at radius 2 is 1.61 bits per heavy atom. The van der Waals surface area contributed by atoms with E-state index < -0.39 is 6.04 Å². The van der Waals surface area contributed by atoms with E-state index in [0.29, 0.717) is 12.1 Å². The van der Waals surface area contributed by atoms with Crippen LogP contribution in [0, 0.1) is 0 Å². The minimum Gasteiger partial charge on any atom is -0.412 e. The van der Waals surface area contributed by atoms with Crippen LogP contribution in [0.1, 0.15) is 5.56 Å². The molecule has 6 N–H and O–H groups in total. The molecule has 0 saturated heterocycles. The summed E-state index contributed by atoms with van der Waals surface area (Å²) >= 11 is 0. The Morgan fingerprint density at radius 1 is 1.00 bits per heavy atom. The Kier molecular flexibility index (Phi) is 11.8. The molecule has 1 heterocycles. The number of nitrogens with two attached hydrogens (primary N) is 1. The van der Waals surface area contributed by atoms with Crippen LogP contribution in [-0.4, -0.2) is 32.6 Å². The monoisotopic (exact) mass is 512 g/mol. The Balaban J connectivity index is 0.00000243. The Labute approximate surface area is 183 Å². The summed E-state index contributed by atoms with van der Waals surface area (Å²) in [5.74, 6) is -0.154. The average molecular weight is 514 g/mol. The van der Waals surface area contributed by atoms with Crippen LogP contribution in [0.5, 0.6) is 0 Å². The van der Waals surface area contributed by atoms with Crippen LogP contribution in [0.25, 0.3) is 11.3 Å². The molecule has 0 aliphatic carbocycles. The van der Waals surface area contributed by atoms with Crippen molar-refractivity contribution in [3.05, 3.63) is 72.4 Å². The van der Waals surface area contributed by atoms with Crippen LogP contribution in [0.2, 0.25) is 0 Å². The minimum absolute atomic E-state index is 0. The predicted octanol–water partition coefficient (Wildman–Crippen LogP) is 1.88. The molecule has 2 aromatic carbocycles. The lowest BCUT2D eigenvalue weighted by molar-refractivity contribution is -0.121. The van der Waals surface area contributed by atoms with Crippen LogP contribution in [-0.2, 0) is 11.2 Å². The lowest BCUT2D eigenvalue weighted by atomic mass is 10.1. The molecule has 1 aromatic heterocycles. The number of hydrazine groups is 1. The van der Waals surface area contributed by atoms with Gasteiger partial charge in [0.05, 0.1) is 17.9 Å². The van der Waals surface area contributed by atoms with Gasteiger partial charge in [-0.15, -0.1) is 39.1 Å². The maximum Gasteiger partial charge on any atom is 0.262 e. The molecule has 0 saturated carbocycles. The number of nitrogens with one attached hydrogen (secondary N) is 2. The fourth-order valence-electron chi connectivity index (χ4n) is 2.28. The summed E-state index contributed by atoms with van der Waals surface area (Å²) in [6.45, 7) is 0. The fourth-order valence-corrected chi connectivity index (χ4v) is 2.28. The number of carbonyl (C=O) groups is 1. The first-order valence-electron chi connectivity index (χ1n) is 7.83. The van der Waals surface area contributed by atoms with E-state index in [0.717, 1.165) is 11.1 Å². The van der Waals surface area contributed by atoms with Crippen LogP contribution in [0.4, 0.5) is 5.95 Å². The lowest BCUT2D eigenvalue weighted by Gasteiger charge is -2.13. The molecule has 0 unspecified atom stereocenters. The molecule has 3 rings (SSSR count). The van der Waals surface area contributed by atoms with Crippen molar-refractivity contribution in [1.82, 2.24) is 20.6 Å². The second-order valence-electron chi connectivity index (χ2n) is 5.44. The maximum atomic E-state index is 12.1. The molecule has 10 heteroatoms. The summed E-state index contributed by atoms with van der Waals surface area (Å²) in [7, 11) is 0. The Hall–Kier alpha value is -2.40. The topological polar surface area (TPSA) is 137 Å². The van der Waals surface area contributed by atoms with Gasteiger partial charge >= 0.3 is 0 Å². The summed E-state index contributed by atoms with van der Waals surface area (Å²) in [6.07, 6.45) is 2.00. The molecule has 0 aliphatic rings. The molecular weight excluding hydrogens is 492 g/mol. The molecule has 0 spiro atoms. The van der Waals surface area contributed by atoms with Gasteiger partial charge in [-0.05, 0) is 12.0 Å². The Morgan fingerprint density at radius 3 is 2.25 bits per heavy atom. The van der Waals surface area contributed by atoms with Crippen molar-refractivity contribution in [2.45, 2.75) is 12.5 Å². The fraction of sp³-hybridized carbons (Fsp3) is 0.111. The summed E-state index contributed by atoms with van der Waals surface area (Å²) in [5, 5.41) is 7.75. The van der Waals surface area contributed by atoms with Gasteiger partial charge in [-0.1, -0.05) is 60.7 Å². The van der Waals surface area contributed by atoms with Gasteiger partial charge in [-0.2, -0.15) is 5.10 Å². The van der Waals surface area contributed by atoms with Gasteiger partial charge in [0.1, 0.15) is 0 Å². The number of halogens is 2. The highest BCUT2D eigenvalue weighted by Crippen LogP contribution is 2.15. The van der Waals surface area contributed by atoms with Crippen LogP contribution >= 0.6 is 34.0 Å². The van der Waals surface area contributed by atoms with E-state index in [-0.39, 0.29) is 51.3 Å². The molecule has 1 amide bonds. The largest absolute Gasteiger partial charge is 0.412 e. The first kappa shape index (κ1) is 25.6. The van der Waals surface area contributed by atoms with Crippen molar-refractivity contribution < 1.29 is 10.3 Å². The zero-order chi connectivity index (χ0) is 17.5. The van der Waals surface area contributed by atoms with Crippen molar-refractivity contribution in [1.29, 1.82) is 0 Å². The van der Waals surface area contributed by atoms with E-state index in [1.807, 2.05) is 60.7 Å². The number of hydrogen-bond donors (Lipinski definition) is 3. The highest BCUT2D eigenvalue weighted by molar-refractivity contribution is 8.93. The number of anilines is 1. The molecule has 1 atom stereocenters. The number of benzene rings is 2. The lowest BCUT2D eigenvalue weighted by Crippen LogP contribution is -2.44. The van der Waals surface area contributed by atoms with E-state index in [1.54, 1.807) is 6.20 Å². The smallest absolute Gasteiger partial charge is 0.262 e. The second-order valence-corrected chi connectivity index (χ2v) is 5.44. The normalized spacial score (nSPS) is 10.3. The van der Waals surface area contributed by atoms with Gasteiger partial charge < -0.3 is 11.2 Å². The molecule has 8 nitrogen and oxygen atoms in total. The predicted molar refractivity (Wildman–Crippen MR) is 119 cm³/mol. The summed E-state index contributed by atoms with van der Waals surface area (Å²) in [6, 6.07) is 18.5. The third-order valence-corrected chi connectivity index (χ3v) is 3.56. The van der Waals surface area contributed by atoms with Crippen molar-refractivity contribution in [3.8, 4) is 11.3 Å². The van der Waals surface area contributed by atoms with Gasteiger partial charge in [-0.25, -0.2) is 4.98 Å². The molecule has 0 fully saturated rings. The minimum atomic E-state index is -0.680. The first-order valence-corrected chi connectivity index (χ1v) is 7.83. The third-order valence-electron chi connectivity index (χ3n) is 3.56. The van der Waals surface area contributed by atoms with Crippen LogP contribution < -0.4 is 16.6 Å². The maximum absolute atomic E-state index is 12.1. The standard InChI is InChI=1S/C18H18N6O.2BrH.H2O/c19-15(11-13-7-3-1-4-8-13)17(25)22-24-18-21-16(12-20-23-18)14-9-5-2-6-10-14;;;/h1-10,12,15H,11,19H2,(H,22,25)(H,21,23,24);2*1H;1H2/t15-;;;/m0.../s1. The number of amides is 1. The second kappa shape index (κ2) is 12.9. The SMILES string of the molecule is Br.Br.N[C@@H](Cc1ccccc1)C(=O)NNc1nncc(-c2ccccc2)n1.O. The van der Waals surface area contributed by atoms with Gasteiger partial charge in [0.15, 0.2) is 0 Å². The van der Waals surface area contributed by atoms with Gasteiger partial charge in [-0.3, -0.25) is 15.6 Å². The molecule has 0 radical (unpaired) electrons.